The van der Waals surface area contributed by atoms with Crippen molar-refractivity contribution >= 4 is 6.02 Å². The Balaban J connectivity index is 1.62. The molecule has 1 atom stereocenters. The standard InChI is InChI=1S/C25H26N4O4/c1-24(2,3)13-31-18-9-20-22(28-12-18)33-21-6-5-15(16-7-17(30-4)11-27-10-16)8-19(21)25(20)14-32-23(26)29-25/h5-12H,13-14H2,1-4H3,(H2,26,29)/t25-/m0/s1. The zero-order chi connectivity index (χ0) is 23.2. The van der Waals surface area contributed by atoms with Crippen molar-refractivity contribution in [3.8, 4) is 34.3 Å². The lowest BCUT2D eigenvalue weighted by atomic mass is 9.81. The van der Waals surface area contributed by atoms with Crippen LogP contribution in [0.3, 0.4) is 0 Å². The van der Waals surface area contributed by atoms with Crippen LogP contribution in [0.2, 0.25) is 0 Å². The number of benzene rings is 1. The number of ether oxygens (including phenoxy) is 4. The van der Waals surface area contributed by atoms with Crippen molar-refractivity contribution < 1.29 is 18.9 Å². The molecule has 33 heavy (non-hydrogen) atoms. The molecule has 4 heterocycles. The Kier molecular flexibility index (Phi) is 4.88. The van der Waals surface area contributed by atoms with Gasteiger partial charge in [-0.15, -0.1) is 0 Å². The van der Waals surface area contributed by atoms with E-state index in [0.717, 1.165) is 22.3 Å². The van der Waals surface area contributed by atoms with Crippen LogP contribution in [0.4, 0.5) is 0 Å². The largest absolute Gasteiger partial charge is 0.495 e. The van der Waals surface area contributed by atoms with Gasteiger partial charge in [0.25, 0.3) is 6.02 Å². The molecule has 2 N–H and O–H groups in total. The number of nitrogens with zero attached hydrogens (tertiary/aromatic N) is 3. The van der Waals surface area contributed by atoms with Gasteiger partial charge < -0.3 is 24.7 Å². The first-order chi connectivity index (χ1) is 15.8. The van der Waals surface area contributed by atoms with Crippen molar-refractivity contribution in [1.29, 1.82) is 0 Å². The van der Waals surface area contributed by atoms with E-state index in [1.54, 1.807) is 25.7 Å². The van der Waals surface area contributed by atoms with Gasteiger partial charge in [-0.25, -0.2) is 9.98 Å². The number of fused-ring (bicyclic) bond motifs is 4. The number of nitrogens with two attached hydrogens (primary N) is 1. The first kappa shape index (κ1) is 21.1. The molecule has 1 spiro atoms. The van der Waals surface area contributed by atoms with Crippen LogP contribution >= 0.6 is 0 Å². The molecule has 2 aromatic heterocycles. The Morgan fingerprint density at radius 3 is 2.61 bits per heavy atom. The second kappa shape index (κ2) is 7.65. The van der Waals surface area contributed by atoms with E-state index < -0.39 is 5.54 Å². The van der Waals surface area contributed by atoms with Crippen LogP contribution in [0.15, 0.2) is 53.9 Å². The summed E-state index contributed by atoms with van der Waals surface area (Å²) < 4.78 is 23.2. The molecular formula is C25H26N4O4. The molecule has 2 aliphatic heterocycles. The maximum absolute atomic E-state index is 6.16. The normalized spacial score (nSPS) is 18.6. The summed E-state index contributed by atoms with van der Waals surface area (Å²) in [4.78, 5) is 13.5. The molecule has 0 bridgehead atoms. The molecule has 5 rings (SSSR count). The number of hydrogen-bond donors (Lipinski definition) is 1. The van der Waals surface area contributed by atoms with E-state index in [4.69, 9.17) is 29.7 Å². The van der Waals surface area contributed by atoms with Gasteiger partial charge in [0.05, 0.1) is 31.7 Å². The molecule has 0 saturated carbocycles. The van der Waals surface area contributed by atoms with Gasteiger partial charge in [0.15, 0.2) is 5.54 Å². The van der Waals surface area contributed by atoms with Gasteiger partial charge in [-0.1, -0.05) is 26.8 Å². The van der Waals surface area contributed by atoms with Crippen LogP contribution in [0.5, 0.6) is 23.1 Å². The molecule has 8 nitrogen and oxygen atoms in total. The molecular weight excluding hydrogens is 420 g/mol. The zero-order valence-electron chi connectivity index (χ0n) is 19.1. The SMILES string of the molecule is COc1cncc(-c2ccc3c(c2)[C@@]2(COC(N)=N2)c2cc(OCC(C)(C)C)cnc2O3)c1. The number of hydrogen-bond acceptors (Lipinski definition) is 8. The van der Waals surface area contributed by atoms with E-state index in [1.165, 1.54) is 0 Å². The first-order valence-corrected chi connectivity index (χ1v) is 10.7. The van der Waals surface area contributed by atoms with E-state index in [2.05, 4.69) is 30.7 Å². The van der Waals surface area contributed by atoms with E-state index in [9.17, 15) is 0 Å². The third-order valence-corrected chi connectivity index (χ3v) is 5.59. The molecule has 0 aliphatic carbocycles. The van der Waals surface area contributed by atoms with Crippen LogP contribution in [0.25, 0.3) is 11.1 Å². The summed E-state index contributed by atoms with van der Waals surface area (Å²) in [6.45, 7) is 7.14. The summed E-state index contributed by atoms with van der Waals surface area (Å²) in [5.41, 5.74) is 8.58. The van der Waals surface area contributed by atoms with Crippen LogP contribution in [-0.4, -0.2) is 36.3 Å². The van der Waals surface area contributed by atoms with Crippen molar-refractivity contribution in [2.24, 2.45) is 16.1 Å². The molecule has 2 aliphatic rings. The Hall–Kier alpha value is -3.81. The predicted octanol–water partition coefficient (Wildman–Crippen LogP) is 4.27. The lowest BCUT2D eigenvalue weighted by molar-refractivity contribution is 0.196. The average Bonchev–Trinajstić information content (AvgIpc) is 3.19. The highest BCUT2D eigenvalue weighted by Gasteiger charge is 2.48. The van der Waals surface area contributed by atoms with Gasteiger partial charge in [-0.3, -0.25) is 4.98 Å². The quantitative estimate of drug-likeness (QED) is 0.639. The fourth-order valence-corrected chi connectivity index (χ4v) is 3.96. The number of rotatable bonds is 4. The first-order valence-electron chi connectivity index (χ1n) is 10.7. The van der Waals surface area contributed by atoms with E-state index in [1.807, 2.05) is 30.3 Å². The number of pyridine rings is 2. The number of methoxy groups -OCH3 is 1. The minimum atomic E-state index is -0.886. The summed E-state index contributed by atoms with van der Waals surface area (Å²) in [7, 11) is 1.62. The number of aliphatic imine (C=N–C) groups is 1. The number of amidine groups is 1. The second-order valence-corrected chi connectivity index (χ2v) is 9.40. The second-order valence-electron chi connectivity index (χ2n) is 9.40. The van der Waals surface area contributed by atoms with Gasteiger partial charge >= 0.3 is 0 Å². The Labute approximate surface area is 192 Å². The fourth-order valence-electron chi connectivity index (χ4n) is 3.96. The average molecular weight is 447 g/mol. The minimum absolute atomic E-state index is 0.00934. The molecule has 0 saturated heterocycles. The van der Waals surface area contributed by atoms with Crippen LogP contribution in [0.1, 0.15) is 31.9 Å². The lowest BCUT2D eigenvalue weighted by Crippen LogP contribution is -2.31. The van der Waals surface area contributed by atoms with E-state index in [0.29, 0.717) is 29.7 Å². The van der Waals surface area contributed by atoms with Crippen molar-refractivity contribution in [2.45, 2.75) is 26.3 Å². The predicted molar refractivity (Wildman–Crippen MR) is 124 cm³/mol. The minimum Gasteiger partial charge on any atom is -0.495 e. The van der Waals surface area contributed by atoms with Crippen LogP contribution in [-0.2, 0) is 10.3 Å². The molecule has 1 aromatic carbocycles. The highest BCUT2D eigenvalue weighted by atomic mass is 16.5. The third-order valence-electron chi connectivity index (χ3n) is 5.59. The molecule has 0 amide bonds. The van der Waals surface area contributed by atoms with Crippen molar-refractivity contribution in [1.82, 2.24) is 9.97 Å². The topological polar surface area (TPSA) is 101 Å². The summed E-state index contributed by atoms with van der Waals surface area (Å²) in [6, 6.07) is 9.89. The summed E-state index contributed by atoms with van der Waals surface area (Å²) in [5, 5.41) is 0. The fraction of sp³-hybridized carbons (Fsp3) is 0.320. The molecule has 0 radical (unpaired) electrons. The highest BCUT2D eigenvalue weighted by molar-refractivity contribution is 5.77. The zero-order valence-corrected chi connectivity index (χ0v) is 19.1. The van der Waals surface area contributed by atoms with Gasteiger partial charge in [0, 0.05) is 17.3 Å². The molecule has 3 aromatic rings. The van der Waals surface area contributed by atoms with Crippen LogP contribution in [0, 0.1) is 5.41 Å². The molecule has 0 fully saturated rings. The van der Waals surface area contributed by atoms with Gasteiger partial charge in [0.1, 0.15) is 23.9 Å². The smallest absolute Gasteiger partial charge is 0.283 e. The Bertz CT molecular complexity index is 1250. The number of aromatic nitrogens is 2. The Morgan fingerprint density at radius 2 is 1.88 bits per heavy atom. The monoisotopic (exact) mass is 446 g/mol. The molecule has 170 valence electrons. The highest BCUT2D eigenvalue weighted by Crippen LogP contribution is 2.51. The van der Waals surface area contributed by atoms with Gasteiger partial charge in [-0.05, 0) is 35.2 Å². The van der Waals surface area contributed by atoms with Crippen molar-refractivity contribution in [3.63, 3.8) is 0 Å². The van der Waals surface area contributed by atoms with Crippen molar-refractivity contribution in [2.75, 3.05) is 20.3 Å². The Morgan fingerprint density at radius 1 is 1.03 bits per heavy atom. The third kappa shape index (κ3) is 3.82. The van der Waals surface area contributed by atoms with E-state index >= 15 is 0 Å². The summed E-state index contributed by atoms with van der Waals surface area (Å²) in [6.07, 6.45) is 5.13. The molecule has 8 heteroatoms. The summed E-state index contributed by atoms with van der Waals surface area (Å²) >= 11 is 0. The molecule has 0 unspecified atom stereocenters. The van der Waals surface area contributed by atoms with E-state index in [-0.39, 0.29) is 18.0 Å². The summed E-state index contributed by atoms with van der Waals surface area (Å²) in [5.74, 6) is 2.44. The maximum Gasteiger partial charge on any atom is 0.283 e. The lowest BCUT2D eigenvalue weighted by Gasteiger charge is -2.33. The maximum atomic E-state index is 6.16. The van der Waals surface area contributed by atoms with Gasteiger partial charge in [0.2, 0.25) is 5.88 Å². The van der Waals surface area contributed by atoms with Gasteiger partial charge in [-0.2, -0.15) is 0 Å². The van der Waals surface area contributed by atoms with Crippen molar-refractivity contribution in [3.05, 3.63) is 60.0 Å². The van der Waals surface area contributed by atoms with Crippen LogP contribution < -0.4 is 19.9 Å².